The zero-order valence-electron chi connectivity index (χ0n) is 21.1. The lowest BCUT2D eigenvalue weighted by Crippen LogP contribution is -2.34. The number of hydrogen-bond donors (Lipinski definition) is 3. The van der Waals surface area contributed by atoms with Crippen LogP contribution in [0.5, 0.6) is 0 Å². The van der Waals surface area contributed by atoms with Crippen LogP contribution < -0.4 is 15.1 Å². The molecule has 0 atom stereocenters. The van der Waals surface area contributed by atoms with Crippen molar-refractivity contribution in [2.45, 2.75) is 25.3 Å². The molecule has 1 fully saturated rings. The topological polar surface area (TPSA) is 124 Å². The zero-order chi connectivity index (χ0) is 28.1. The van der Waals surface area contributed by atoms with E-state index in [1.165, 1.54) is 28.0 Å². The van der Waals surface area contributed by atoms with E-state index >= 15 is 0 Å². The summed E-state index contributed by atoms with van der Waals surface area (Å²) in [7, 11) is -4.32. The van der Waals surface area contributed by atoms with E-state index < -0.39 is 23.0 Å². The van der Waals surface area contributed by atoms with E-state index in [2.05, 4.69) is 10.4 Å². The van der Waals surface area contributed by atoms with Crippen molar-refractivity contribution in [3.8, 4) is 11.3 Å². The van der Waals surface area contributed by atoms with Crippen LogP contribution in [0.25, 0.3) is 16.8 Å². The number of carbonyl (C=O) groups is 1. The third-order valence-electron chi connectivity index (χ3n) is 6.71. The van der Waals surface area contributed by atoms with Crippen molar-refractivity contribution in [1.82, 2.24) is 14.9 Å². The minimum atomic E-state index is -3.86. The molecule has 2 heterocycles. The molecular formula is C26H25BClFN4O5S. The number of amides is 1. The molecule has 0 radical (unpaired) electrons. The van der Waals surface area contributed by atoms with Crippen LogP contribution in [0.15, 0.2) is 54.7 Å². The van der Waals surface area contributed by atoms with Crippen molar-refractivity contribution < 1.29 is 27.7 Å². The monoisotopic (exact) mass is 570 g/mol. The van der Waals surface area contributed by atoms with Crippen LogP contribution >= 0.6 is 11.6 Å². The summed E-state index contributed by atoms with van der Waals surface area (Å²) in [5.74, 6) is -1.11. The molecule has 1 saturated carbocycles. The maximum atomic E-state index is 14.5. The zero-order valence-corrected chi connectivity index (χ0v) is 22.7. The van der Waals surface area contributed by atoms with Gasteiger partial charge in [0, 0.05) is 23.1 Å². The van der Waals surface area contributed by atoms with Crippen LogP contribution in [0.3, 0.4) is 0 Å². The number of nitrogens with one attached hydrogen (secondary N) is 1. The second-order valence-electron chi connectivity index (χ2n) is 9.53. The van der Waals surface area contributed by atoms with Gasteiger partial charge in [-0.05, 0) is 54.2 Å². The van der Waals surface area contributed by atoms with Gasteiger partial charge in [0.15, 0.2) is 0 Å². The first kappa shape index (κ1) is 27.1. The second kappa shape index (κ2) is 10.3. The van der Waals surface area contributed by atoms with Crippen molar-refractivity contribution in [2.75, 3.05) is 17.6 Å². The molecule has 39 heavy (non-hydrogen) atoms. The number of halogens is 2. The third kappa shape index (κ3) is 5.37. The summed E-state index contributed by atoms with van der Waals surface area (Å²) >= 11 is 6.05. The Balaban J connectivity index is 1.69. The average molecular weight is 571 g/mol. The number of nitrogens with zero attached hydrogens (tertiary/aromatic N) is 3. The maximum Gasteiger partial charge on any atom is 0.491 e. The quantitative estimate of drug-likeness (QED) is 0.280. The van der Waals surface area contributed by atoms with E-state index in [1.807, 2.05) is 0 Å². The van der Waals surface area contributed by atoms with Gasteiger partial charge in [-0.15, -0.1) is 0 Å². The Morgan fingerprint density at radius 1 is 1.21 bits per heavy atom. The first-order chi connectivity index (χ1) is 18.5. The fourth-order valence-electron chi connectivity index (χ4n) is 4.61. The summed E-state index contributed by atoms with van der Waals surface area (Å²) < 4.78 is 43.2. The molecule has 5 rings (SSSR count). The van der Waals surface area contributed by atoms with E-state index in [0.29, 0.717) is 38.6 Å². The summed E-state index contributed by atoms with van der Waals surface area (Å²) in [5.41, 5.74) is 3.06. The summed E-state index contributed by atoms with van der Waals surface area (Å²) in [5, 5.41) is 26.5. The molecule has 0 spiro atoms. The SMILES string of the molecule is CNC(=O)c1c(-c2ccc(Cl)cc2)nn2cc(N(Cc3ccc(B(O)O)c(F)c3)S(C)(=O)=O)c(C3CC3)cc12. The van der Waals surface area contributed by atoms with Crippen molar-refractivity contribution in [3.63, 3.8) is 0 Å². The smallest absolute Gasteiger partial charge is 0.423 e. The summed E-state index contributed by atoms with van der Waals surface area (Å²) in [6, 6.07) is 12.4. The number of rotatable bonds is 8. The molecule has 0 bridgehead atoms. The summed E-state index contributed by atoms with van der Waals surface area (Å²) in [4.78, 5) is 13.0. The van der Waals surface area contributed by atoms with Gasteiger partial charge in [0.25, 0.3) is 5.91 Å². The molecule has 1 aliphatic carbocycles. The van der Waals surface area contributed by atoms with Gasteiger partial charge in [-0.2, -0.15) is 5.10 Å². The minimum Gasteiger partial charge on any atom is -0.423 e. The highest BCUT2D eigenvalue weighted by Gasteiger charge is 2.33. The largest absolute Gasteiger partial charge is 0.491 e. The number of aromatic nitrogens is 2. The highest BCUT2D eigenvalue weighted by molar-refractivity contribution is 7.92. The molecule has 0 aliphatic heterocycles. The fourth-order valence-corrected chi connectivity index (χ4v) is 5.63. The van der Waals surface area contributed by atoms with Crippen LogP contribution in [0.2, 0.25) is 5.02 Å². The first-order valence-electron chi connectivity index (χ1n) is 12.1. The van der Waals surface area contributed by atoms with Gasteiger partial charge in [0.2, 0.25) is 10.0 Å². The predicted molar refractivity (Wildman–Crippen MR) is 148 cm³/mol. The van der Waals surface area contributed by atoms with Gasteiger partial charge in [0.05, 0.1) is 35.8 Å². The molecule has 4 aromatic rings. The Labute approximate surface area is 230 Å². The normalized spacial score (nSPS) is 13.5. The summed E-state index contributed by atoms with van der Waals surface area (Å²) in [6.45, 7) is -0.198. The number of carbonyl (C=O) groups excluding carboxylic acids is 1. The lowest BCUT2D eigenvalue weighted by Gasteiger charge is -2.25. The average Bonchev–Trinajstić information content (AvgIpc) is 3.66. The van der Waals surface area contributed by atoms with Crippen molar-refractivity contribution >= 4 is 51.3 Å². The molecule has 0 saturated heterocycles. The number of anilines is 1. The molecule has 2 aromatic carbocycles. The lowest BCUT2D eigenvalue weighted by atomic mass is 9.79. The maximum absolute atomic E-state index is 14.5. The van der Waals surface area contributed by atoms with Crippen molar-refractivity contribution in [1.29, 1.82) is 0 Å². The number of hydrogen-bond acceptors (Lipinski definition) is 6. The van der Waals surface area contributed by atoms with Crippen molar-refractivity contribution in [3.05, 3.63) is 82.3 Å². The molecule has 3 N–H and O–H groups in total. The standard InChI is InChI=1S/C26H25BClFN4O5S/c1-30-26(34)24-22-12-19(16-4-5-16)23(14-32(22)31-25(24)17-6-8-18(28)9-7-17)33(39(2,37)38)13-15-3-10-20(27(35)36)21(29)11-15/h3,6-12,14,16,35-36H,4-5,13H2,1-2H3,(H,30,34). The highest BCUT2D eigenvalue weighted by atomic mass is 35.5. The van der Waals surface area contributed by atoms with Gasteiger partial charge in [-0.1, -0.05) is 35.9 Å². The molecular weight excluding hydrogens is 546 g/mol. The summed E-state index contributed by atoms with van der Waals surface area (Å²) in [6.07, 6.45) is 4.35. The Morgan fingerprint density at radius 3 is 2.46 bits per heavy atom. The van der Waals surface area contributed by atoms with E-state index in [9.17, 15) is 27.7 Å². The number of benzene rings is 2. The molecule has 2 aromatic heterocycles. The molecule has 1 amide bonds. The van der Waals surface area contributed by atoms with Gasteiger partial charge < -0.3 is 15.4 Å². The van der Waals surface area contributed by atoms with E-state index in [-0.39, 0.29) is 23.8 Å². The third-order valence-corrected chi connectivity index (χ3v) is 8.09. The molecule has 1 aliphatic rings. The van der Waals surface area contributed by atoms with E-state index in [4.69, 9.17) is 11.6 Å². The van der Waals surface area contributed by atoms with Crippen LogP contribution in [-0.4, -0.2) is 54.4 Å². The number of sulfonamides is 1. The number of fused-ring (bicyclic) bond motifs is 1. The molecule has 0 unspecified atom stereocenters. The minimum absolute atomic E-state index is 0.0873. The molecule has 9 nitrogen and oxygen atoms in total. The lowest BCUT2D eigenvalue weighted by molar-refractivity contribution is 0.0965. The second-order valence-corrected chi connectivity index (χ2v) is 11.9. The van der Waals surface area contributed by atoms with Gasteiger partial charge in [0.1, 0.15) is 11.5 Å². The van der Waals surface area contributed by atoms with Gasteiger partial charge in [-0.3, -0.25) is 9.10 Å². The van der Waals surface area contributed by atoms with E-state index in [0.717, 1.165) is 30.7 Å². The number of pyridine rings is 1. The Bertz CT molecular complexity index is 1690. The van der Waals surface area contributed by atoms with Crippen LogP contribution in [-0.2, 0) is 16.6 Å². The van der Waals surface area contributed by atoms with Gasteiger partial charge in [-0.25, -0.2) is 17.3 Å². The Kier molecular flexibility index (Phi) is 7.14. The van der Waals surface area contributed by atoms with Crippen LogP contribution in [0.4, 0.5) is 10.1 Å². The van der Waals surface area contributed by atoms with Crippen molar-refractivity contribution in [2.24, 2.45) is 0 Å². The predicted octanol–water partition coefficient (Wildman–Crippen LogP) is 2.68. The fraction of sp³-hybridized carbons (Fsp3) is 0.231. The highest BCUT2D eigenvalue weighted by Crippen LogP contribution is 2.46. The molecule has 13 heteroatoms. The van der Waals surface area contributed by atoms with E-state index in [1.54, 1.807) is 36.5 Å². The van der Waals surface area contributed by atoms with Crippen LogP contribution in [0.1, 0.15) is 40.2 Å². The molecule has 202 valence electrons. The Hall–Kier alpha value is -3.45. The Morgan fingerprint density at radius 2 is 1.90 bits per heavy atom. The van der Waals surface area contributed by atoms with Crippen LogP contribution in [0, 0.1) is 5.82 Å². The first-order valence-corrected chi connectivity index (χ1v) is 14.4. The van der Waals surface area contributed by atoms with Gasteiger partial charge >= 0.3 is 7.12 Å².